The molecule has 0 fully saturated rings. The minimum absolute atomic E-state index is 0.0804. The van der Waals surface area contributed by atoms with Crippen molar-refractivity contribution < 1.29 is 22.0 Å². The van der Waals surface area contributed by atoms with Crippen LogP contribution in [0.25, 0.3) is 0 Å². The van der Waals surface area contributed by atoms with Crippen LogP contribution in [0.2, 0.25) is 0 Å². The number of amides is 1. The number of nitrogens with zero attached hydrogens (tertiary/aromatic N) is 1. The van der Waals surface area contributed by atoms with Crippen LogP contribution in [0.1, 0.15) is 31.4 Å². The van der Waals surface area contributed by atoms with E-state index in [9.17, 15) is 22.0 Å². The van der Waals surface area contributed by atoms with E-state index in [1.54, 1.807) is 0 Å². The lowest BCUT2D eigenvalue weighted by Gasteiger charge is -2.18. The highest BCUT2D eigenvalue weighted by molar-refractivity contribution is 7.89. The standard InChI is InChI=1S/C21H27F2N3O3S/c1-3-26(4-2)15-17-7-5-16(6-8-17)14-24-21(27)11-12-25-30(28,29)18-9-10-19(22)20(23)13-18/h5-10,13,25H,3-4,11-12,14-15H2,1-2H3,(H,24,27). The van der Waals surface area contributed by atoms with Gasteiger partial charge in [0.15, 0.2) is 11.6 Å². The highest BCUT2D eigenvalue weighted by Gasteiger charge is 2.16. The van der Waals surface area contributed by atoms with E-state index in [1.165, 1.54) is 5.56 Å². The van der Waals surface area contributed by atoms with E-state index in [2.05, 4.69) is 28.8 Å². The molecule has 0 saturated carbocycles. The molecule has 0 bridgehead atoms. The van der Waals surface area contributed by atoms with E-state index in [4.69, 9.17) is 0 Å². The van der Waals surface area contributed by atoms with Crippen molar-refractivity contribution in [3.63, 3.8) is 0 Å². The van der Waals surface area contributed by atoms with E-state index in [0.29, 0.717) is 12.6 Å². The molecule has 2 N–H and O–H groups in total. The second-order valence-electron chi connectivity index (χ2n) is 6.78. The maximum Gasteiger partial charge on any atom is 0.240 e. The van der Waals surface area contributed by atoms with Gasteiger partial charge in [-0.15, -0.1) is 0 Å². The monoisotopic (exact) mass is 439 g/mol. The summed E-state index contributed by atoms with van der Waals surface area (Å²) in [4.78, 5) is 13.9. The van der Waals surface area contributed by atoms with E-state index >= 15 is 0 Å². The Hall–Kier alpha value is -2.36. The summed E-state index contributed by atoms with van der Waals surface area (Å²) in [5.74, 6) is -2.71. The Labute approximate surface area is 176 Å². The fourth-order valence-electron chi connectivity index (χ4n) is 2.78. The molecule has 30 heavy (non-hydrogen) atoms. The Morgan fingerprint density at radius 2 is 1.60 bits per heavy atom. The summed E-state index contributed by atoms with van der Waals surface area (Å²) >= 11 is 0. The van der Waals surface area contributed by atoms with Crippen LogP contribution in [0.5, 0.6) is 0 Å². The zero-order valence-corrected chi connectivity index (χ0v) is 17.9. The fourth-order valence-corrected chi connectivity index (χ4v) is 3.83. The number of hydrogen-bond donors (Lipinski definition) is 2. The van der Waals surface area contributed by atoms with Crippen molar-refractivity contribution in [1.29, 1.82) is 0 Å². The topological polar surface area (TPSA) is 78.5 Å². The first-order valence-corrected chi connectivity index (χ1v) is 11.2. The SMILES string of the molecule is CCN(CC)Cc1ccc(CNC(=O)CCNS(=O)(=O)c2ccc(F)c(F)c2)cc1. The quantitative estimate of drug-likeness (QED) is 0.564. The fraction of sp³-hybridized carbons (Fsp3) is 0.381. The van der Waals surface area contributed by atoms with Crippen LogP contribution in [0, 0.1) is 11.6 Å². The molecule has 2 aromatic carbocycles. The molecule has 9 heteroatoms. The van der Waals surface area contributed by atoms with Crippen molar-refractivity contribution in [2.75, 3.05) is 19.6 Å². The zero-order valence-electron chi connectivity index (χ0n) is 17.1. The lowest BCUT2D eigenvalue weighted by Crippen LogP contribution is -2.30. The van der Waals surface area contributed by atoms with Crippen LogP contribution in [0.4, 0.5) is 8.78 Å². The average Bonchev–Trinajstić information content (AvgIpc) is 2.73. The minimum Gasteiger partial charge on any atom is -0.352 e. The number of nitrogens with one attached hydrogen (secondary N) is 2. The molecule has 0 aromatic heterocycles. The van der Waals surface area contributed by atoms with Crippen molar-refractivity contribution in [3.05, 3.63) is 65.2 Å². The molecular formula is C21H27F2N3O3S. The maximum atomic E-state index is 13.2. The van der Waals surface area contributed by atoms with Gasteiger partial charge >= 0.3 is 0 Å². The first kappa shape index (κ1) is 23.9. The van der Waals surface area contributed by atoms with Gasteiger partial charge in [-0.1, -0.05) is 38.1 Å². The van der Waals surface area contributed by atoms with Crippen molar-refractivity contribution in [3.8, 4) is 0 Å². The van der Waals surface area contributed by atoms with Crippen molar-refractivity contribution >= 4 is 15.9 Å². The summed E-state index contributed by atoms with van der Waals surface area (Å²) in [7, 11) is -4.02. The van der Waals surface area contributed by atoms with Gasteiger partial charge in [-0.3, -0.25) is 9.69 Å². The van der Waals surface area contributed by atoms with Gasteiger partial charge in [0.05, 0.1) is 4.90 Å². The van der Waals surface area contributed by atoms with E-state index in [0.717, 1.165) is 37.3 Å². The second-order valence-corrected chi connectivity index (χ2v) is 8.55. The van der Waals surface area contributed by atoms with E-state index in [-0.39, 0.29) is 18.9 Å². The highest BCUT2D eigenvalue weighted by atomic mass is 32.2. The Bertz CT molecular complexity index is 946. The number of sulfonamides is 1. The third kappa shape index (κ3) is 7.16. The molecule has 0 spiro atoms. The largest absolute Gasteiger partial charge is 0.352 e. The normalized spacial score (nSPS) is 11.6. The number of rotatable bonds is 11. The summed E-state index contributed by atoms with van der Waals surface area (Å²) in [6.07, 6.45) is -0.0804. The first-order chi connectivity index (χ1) is 14.2. The smallest absolute Gasteiger partial charge is 0.240 e. The predicted octanol–water partition coefficient (Wildman–Crippen LogP) is 2.79. The molecule has 0 aliphatic heterocycles. The molecule has 0 unspecified atom stereocenters. The lowest BCUT2D eigenvalue weighted by atomic mass is 10.1. The highest BCUT2D eigenvalue weighted by Crippen LogP contribution is 2.13. The molecule has 0 heterocycles. The molecule has 0 radical (unpaired) electrons. The number of carbonyl (C=O) groups is 1. The summed E-state index contributed by atoms with van der Waals surface area (Å²) in [5.41, 5.74) is 2.13. The summed E-state index contributed by atoms with van der Waals surface area (Å²) in [6.45, 7) is 7.24. The van der Waals surface area contributed by atoms with Gasteiger partial charge in [0, 0.05) is 26.1 Å². The Morgan fingerprint density at radius 3 is 2.20 bits per heavy atom. The van der Waals surface area contributed by atoms with Crippen LogP contribution in [-0.4, -0.2) is 38.9 Å². The molecule has 1 amide bonds. The Morgan fingerprint density at radius 1 is 0.967 bits per heavy atom. The van der Waals surface area contributed by atoms with Gasteiger partial charge in [-0.05, 0) is 42.4 Å². The van der Waals surface area contributed by atoms with Crippen LogP contribution in [0.15, 0.2) is 47.4 Å². The third-order valence-electron chi connectivity index (χ3n) is 4.66. The van der Waals surface area contributed by atoms with Crippen LogP contribution in [-0.2, 0) is 27.9 Å². The molecular weight excluding hydrogens is 412 g/mol. The molecule has 2 aromatic rings. The summed E-state index contributed by atoms with van der Waals surface area (Å²) in [5, 5.41) is 2.73. The first-order valence-electron chi connectivity index (χ1n) is 9.76. The van der Waals surface area contributed by atoms with Gasteiger partial charge in [0.2, 0.25) is 15.9 Å². The number of hydrogen-bond acceptors (Lipinski definition) is 4. The van der Waals surface area contributed by atoms with E-state index in [1.807, 2.05) is 24.3 Å². The molecule has 164 valence electrons. The Balaban J connectivity index is 1.77. The van der Waals surface area contributed by atoms with Crippen molar-refractivity contribution in [2.24, 2.45) is 0 Å². The molecule has 6 nitrogen and oxygen atoms in total. The van der Waals surface area contributed by atoms with Gasteiger partial charge in [0.1, 0.15) is 0 Å². The number of halogens is 2. The van der Waals surface area contributed by atoms with Crippen molar-refractivity contribution in [2.45, 2.75) is 38.3 Å². The van der Waals surface area contributed by atoms with Crippen molar-refractivity contribution in [1.82, 2.24) is 14.9 Å². The van der Waals surface area contributed by atoms with Crippen LogP contribution < -0.4 is 10.0 Å². The molecule has 0 saturated heterocycles. The van der Waals surface area contributed by atoms with Gasteiger partial charge in [-0.25, -0.2) is 21.9 Å². The lowest BCUT2D eigenvalue weighted by molar-refractivity contribution is -0.121. The molecule has 0 aliphatic carbocycles. The minimum atomic E-state index is -4.02. The van der Waals surface area contributed by atoms with E-state index < -0.39 is 26.6 Å². The molecule has 2 rings (SSSR count). The maximum absolute atomic E-state index is 13.2. The van der Waals surface area contributed by atoms with Crippen LogP contribution in [0.3, 0.4) is 0 Å². The predicted molar refractivity (Wildman–Crippen MR) is 111 cm³/mol. The molecule has 0 atom stereocenters. The van der Waals surface area contributed by atoms with Gasteiger partial charge in [0.25, 0.3) is 0 Å². The molecule has 0 aliphatic rings. The Kier molecular flexibility index (Phi) is 8.88. The van der Waals surface area contributed by atoms with Gasteiger partial charge < -0.3 is 5.32 Å². The summed E-state index contributed by atoms with van der Waals surface area (Å²) < 4.78 is 52.5. The zero-order chi connectivity index (χ0) is 22.1. The van der Waals surface area contributed by atoms with Gasteiger partial charge in [-0.2, -0.15) is 0 Å². The summed E-state index contributed by atoms with van der Waals surface area (Å²) in [6, 6.07) is 10.2. The number of benzene rings is 2. The second kappa shape index (κ2) is 11.1. The van der Waals surface area contributed by atoms with Crippen LogP contribution >= 0.6 is 0 Å². The average molecular weight is 440 g/mol. The number of carbonyl (C=O) groups excluding carboxylic acids is 1. The third-order valence-corrected chi connectivity index (χ3v) is 6.12.